The summed E-state index contributed by atoms with van der Waals surface area (Å²) in [7, 11) is 1.49. The van der Waals surface area contributed by atoms with Crippen molar-refractivity contribution in [3.63, 3.8) is 0 Å². The first-order valence-electron chi connectivity index (χ1n) is 4.53. The van der Waals surface area contributed by atoms with E-state index in [9.17, 15) is 4.79 Å². The van der Waals surface area contributed by atoms with Gasteiger partial charge >= 0.3 is 0 Å². The van der Waals surface area contributed by atoms with Crippen molar-refractivity contribution >= 4 is 21.7 Å². The highest BCUT2D eigenvalue weighted by molar-refractivity contribution is 9.10. The molecule has 0 radical (unpaired) electrons. The quantitative estimate of drug-likeness (QED) is 0.826. The third-order valence-corrected chi connectivity index (χ3v) is 2.72. The molecule has 1 aromatic rings. The Morgan fingerprint density at radius 3 is 2.73 bits per heavy atom. The lowest BCUT2D eigenvalue weighted by molar-refractivity contribution is -0.124. The van der Waals surface area contributed by atoms with E-state index in [1.54, 1.807) is 0 Å². The molecule has 0 saturated heterocycles. The summed E-state index contributed by atoms with van der Waals surface area (Å²) < 4.78 is 11.0. The molecular weight excluding hydrogens is 260 g/mol. The second-order valence-corrected chi connectivity index (χ2v) is 4.03. The number of hydrogen-bond donors (Lipinski definition) is 0. The highest BCUT2D eigenvalue weighted by atomic mass is 79.9. The van der Waals surface area contributed by atoms with Crippen LogP contribution in [-0.4, -0.2) is 26.1 Å². The molecule has 1 aromatic carbocycles. The maximum absolute atomic E-state index is 11.1. The number of carbonyl (C=O) groups is 1. The Bertz CT molecular complexity index is 350. The zero-order valence-electron chi connectivity index (χ0n) is 8.75. The van der Waals surface area contributed by atoms with E-state index >= 15 is 0 Å². The van der Waals surface area contributed by atoms with Crippen molar-refractivity contribution in [3.05, 3.63) is 28.2 Å². The van der Waals surface area contributed by atoms with Gasteiger partial charge in [0.25, 0.3) is 0 Å². The molecule has 15 heavy (non-hydrogen) atoms. The lowest BCUT2D eigenvalue weighted by Crippen LogP contribution is -2.16. The van der Waals surface area contributed by atoms with E-state index in [-0.39, 0.29) is 19.0 Å². The van der Waals surface area contributed by atoms with Crippen LogP contribution in [-0.2, 0) is 9.53 Å². The summed E-state index contributed by atoms with van der Waals surface area (Å²) in [6.45, 7) is 2.11. The molecule has 0 saturated carbocycles. The average Bonchev–Trinajstić information content (AvgIpc) is 2.20. The number of Topliss-reactive ketones (excluding diaryl/α,β-unsaturated/α-hetero) is 1. The van der Waals surface area contributed by atoms with Crippen LogP contribution in [0.5, 0.6) is 5.75 Å². The predicted octanol–water partition coefficient (Wildman–Crippen LogP) is 2.35. The molecule has 0 aliphatic carbocycles. The maximum Gasteiger partial charge on any atom is 0.195 e. The molecule has 0 aliphatic heterocycles. The van der Waals surface area contributed by atoms with E-state index in [1.807, 2.05) is 25.1 Å². The van der Waals surface area contributed by atoms with Crippen molar-refractivity contribution in [3.8, 4) is 5.75 Å². The Labute approximate surface area is 97.5 Å². The largest absolute Gasteiger partial charge is 0.486 e. The van der Waals surface area contributed by atoms with Crippen molar-refractivity contribution < 1.29 is 14.3 Å². The van der Waals surface area contributed by atoms with Crippen LogP contribution in [0.2, 0.25) is 0 Å². The molecule has 0 fully saturated rings. The monoisotopic (exact) mass is 272 g/mol. The van der Waals surface area contributed by atoms with Crippen LogP contribution in [0.4, 0.5) is 0 Å². The molecule has 0 aromatic heterocycles. The number of aryl methyl sites for hydroxylation is 1. The second kappa shape index (κ2) is 5.88. The van der Waals surface area contributed by atoms with Crippen molar-refractivity contribution in [1.82, 2.24) is 0 Å². The molecule has 0 unspecified atom stereocenters. The van der Waals surface area contributed by atoms with E-state index in [2.05, 4.69) is 15.9 Å². The van der Waals surface area contributed by atoms with Gasteiger partial charge in [-0.25, -0.2) is 0 Å². The molecule has 4 heteroatoms. The SMILES string of the molecule is COCC(=O)COc1ccc(Br)c(C)c1. The fourth-order valence-corrected chi connectivity index (χ4v) is 1.32. The fraction of sp³-hybridized carbons (Fsp3) is 0.364. The first-order valence-corrected chi connectivity index (χ1v) is 5.32. The van der Waals surface area contributed by atoms with Gasteiger partial charge in [0.1, 0.15) is 19.0 Å². The first kappa shape index (κ1) is 12.2. The number of hydrogen-bond acceptors (Lipinski definition) is 3. The number of ketones is 1. The van der Waals surface area contributed by atoms with Crippen molar-refractivity contribution in [2.75, 3.05) is 20.3 Å². The number of halogens is 1. The molecule has 0 bridgehead atoms. The van der Waals surface area contributed by atoms with Gasteiger partial charge < -0.3 is 9.47 Å². The van der Waals surface area contributed by atoms with E-state index in [0.29, 0.717) is 5.75 Å². The van der Waals surface area contributed by atoms with Gasteiger partial charge in [-0.15, -0.1) is 0 Å². The molecule has 3 nitrogen and oxygen atoms in total. The summed E-state index contributed by atoms with van der Waals surface area (Å²) in [5, 5.41) is 0. The molecule has 0 heterocycles. The molecule has 0 spiro atoms. The second-order valence-electron chi connectivity index (χ2n) is 3.17. The third kappa shape index (κ3) is 4.01. The van der Waals surface area contributed by atoms with Crippen molar-refractivity contribution in [2.24, 2.45) is 0 Å². The predicted molar refractivity (Wildman–Crippen MR) is 61.3 cm³/mol. The van der Waals surface area contributed by atoms with Gasteiger partial charge in [-0.2, -0.15) is 0 Å². The minimum absolute atomic E-state index is 0.0505. The van der Waals surface area contributed by atoms with Gasteiger partial charge in [0, 0.05) is 11.6 Å². The van der Waals surface area contributed by atoms with Crippen LogP contribution in [0.1, 0.15) is 5.56 Å². The summed E-state index contributed by atoms with van der Waals surface area (Å²) in [6.07, 6.45) is 0. The van der Waals surface area contributed by atoms with Gasteiger partial charge in [-0.05, 0) is 30.7 Å². The van der Waals surface area contributed by atoms with Crippen LogP contribution in [0.25, 0.3) is 0 Å². The Morgan fingerprint density at radius 1 is 1.40 bits per heavy atom. The number of methoxy groups -OCH3 is 1. The highest BCUT2D eigenvalue weighted by Gasteiger charge is 2.03. The first-order chi connectivity index (χ1) is 7.13. The van der Waals surface area contributed by atoms with Gasteiger partial charge in [0.15, 0.2) is 5.78 Å². The van der Waals surface area contributed by atoms with Crippen LogP contribution in [0.3, 0.4) is 0 Å². The van der Waals surface area contributed by atoms with Gasteiger partial charge in [-0.3, -0.25) is 4.79 Å². The number of benzene rings is 1. The Hall–Kier alpha value is -0.870. The third-order valence-electron chi connectivity index (χ3n) is 1.83. The molecule has 0 N–H and O–H groups in total. The minimum Gasteiger partial charge on any atom is -0.486 e. The fourth-order valence-electron chi connectivity index (χ4n) is 1.07. The minimum atomic E-state index is -0.0712. The summed E-state index contributed by atoms with van der Waals surface area (Å²) in [6, 6.07) is 5.59. The zero-order chi connectivity index (χ0) is 11.3. The Morgan fingerprint density at radius 2 is 2.13 bits per heavy atom. The van der Waals surface area contributed by atoms with E-state index in [0.717, 1.165) is 10.0 Å². The lowest BCUT2D eigenvalue weighted by atomic mass is 10.2. The molecule has 0 aliphatic rings. The van der Waals surface area contributed by atoms with Gasteiger partial charge in [-0.1, -0.05) is 15.9 Å². The van der Waals surface area contributed by atoms with Crippen molar-refractivity contribution in [2.45, 2.75) is 6.92 Å². The molecule has 82 valence electrons. The summed E-state index contributed by atoms with van der Waals surface area (Å²) in [5.41, 5.74) is 1.08. The van der Waals surface area contributed by atoms with Crippen LogP contribution < -0.4 is 4.74 Å². The summed E-state index contributed by atoms with van der Waals surface area (Å²) in [5.74, 6) is 0.623. The molecule has 1 rings (SSSR count). The van der Waals surface area contributed by atoms with Crippen LogP contribution in [0, 0.1) is 6.92 Å². The lowest BCUT2D eigenvalue weighted by Gasteiger charge is -2.06. The zero-order valence-corrected chi connectivity index (χ0v) is 10.3. The summed E-state index contributed by atoms with van der Waals surface area (Å²) in [4.78, 5) is 11.1. The van der Waals surface area contributed by atoms with Crippen molar-refractivity contribution in [1.29, 1.82) is 0 Å². The van der Waals surface area contributed by atoms with Crippen LogP contribution >= 0.6 is 15.9 Å². The van der Waals surface area contributed by atoms with E-state index in [1.165, 1.54) is 7.11 Å². The van der Waals surface area contributed by atoms with E-state index in [4.69, 9.17) is 9.47 Å². The standard InChI is InChI=1S/C11H13BrO3/c1-8-5-10(3-4-11(8)12)15-7-9(13)6-14-2/h3-5H,6-7H2,1-2H3. The highest BCUT2D eigenvalue weighted by Crippen LogP contribution is 2.21. The normalized spacial score (nSPS) is 10.1. The summed E-state index contributed by atoms with van der Waals surface area (Å²) >= 11 is 3.39. The maximum atomic E-state index is 11.1. The molecule has 0 amide bonds. The Kier molecular flexibility index (Phi) is 4.78. The molecule has 0 atom stereocenters. The number of rotatable bonds is 5. The smallest absolute Gasteiger partial charge is 0.195 e. The number of ether oxygens (including phenoxy) is 2. The van der Waals surface area contributed by atoms with Crippen LogP contribution in [0.15, 0.2) is 22.7 Å². The van der Waals surface area contributed by atoms with Gasteiger partial charge in [0.05, 0.1) is 0 Å². The topological polar surface area (TPSA) is 35.5 Å². The molecular formula is C11H13BrO3. The van der Waals surface area contributed by atoms with E-state index < -0.39 is 0 Å². The Balaban J connectivity index is 2.51. The average molecular weight is 273 g/mol. The number of carbonyl (C=O) groups excluding carboxylic acids is 1. The van der Waals surface area contributed by atoms with Gasteiger partial charge in [0.2, 0.25) is 0 Å².